The molecule has 0 amide bonds. The number of halogens is 2. The molecule has 1 rings (SSSR count). The van der Waals surface area contributed by atoms with E-state index in [9.17, 15) is 8.78 Å². The third-order valence-electron chi connectivity index (χ3n) is 2.42. The summed E-state index contributed by atoms with van der Waals surface area (Å²) in [6, 6.07) is 6.49. The Morgan fingerprint density at radius 2 is 1.72 bits per heavy atom. The molecular formula is C12H17F2NO3. The van der Waals surface area contributed by atoms with Gasteiger partial charge in [-0.3, -0.25) is 4.90 Å². The van der Waals surface area contributed by atoms with Crippen LogP contribution in [0.25, 0.3) is 0 Å². The zero-order valence-corrected chi connectivity index (χ0v) is 9.93. The van der Waals surface area contributed by atoms with E-state index in [0.29, 0.717) is 25.2 Å². The lowest BCUT2D eigenvalue weighted by Gasteiger charge is -2.21. The molecule has 6 heteroatoms. The molecule has 1 aromatic rings. The van der Waals surface area contributed by atoms with Gasteiger partial charge in [0.05, 0.1) is 13.2 Å². The molecule has 0 aliphatic heterocycles. The number of alkyl halides is 2. The van der Waals surface area contributed by atoms with E-state index in [0.717, 1.165) is 0 Å². The molecule has 0 unspecified atom stereocenters. The quantitative estimate of drug-likeness (QED) is 0.735. The minimum atomic E-state index is -2.87. The van der Waals surface area contributed by atoms with Gasteiger partial charge in [0, 0.05) is 25.2 Å². The first-order valence-corrected chi connectivity index (χ1v) is 5.64. The van der Waals surface area contributed by atoms with E-state index in [1.54, 1.807) is 23.1 Å². The maximum Gasteiger partial charge on any atom is 0.387 e. The molecule has 0 saturated carbocycles. The van der Waals surface area contributed by atoms with Gasteiger partial charge in [-0.25, -0.2) is 0 Å². The van der Waals surface area contributed by atoms with Crippen LogP contribution >= 0.6 is 0 Å². The summed E-state index contributed by atoms with van der Waals surface area (Å²) in [6.45, 7) is -1.91. The fourth-order valence-corrected chi connectivity index (χ4v) is 1.64. The first-order chi connectivity index (χ1) is 8.67. The summed E-state index contributed by atoms with van der Waals surface area (Å²) in [5.41, 5.74) is 0.597. The van der Waals surface area contributed by atoms with Crippen LogP contribution in [0.15, 0.2) is 24.3 Å². The summed E-state index contributed by atoms with van der Waals surface area (Å²) in [5, 5.41) is 17.8. The van der Waals surface area contributed by atoms with Crippen LogP contribution in [0.2, 0.25) is 0 Å². The number of para-hydroxylation sites is 1. The molecule has 0 heterocycles. The number of nitrogens with zero attached hydrogens (tertiary/aromatic N) is 1. The highest BCUT2D eigenvalue weighted by Gasteiger charge is 2.12. The normalized spacial score (nSPS) is 11.2. The second kappa shape index (κ2) is 7.97. The molecule has 0 aromatic heterocycles. The van der Waals surface area contributed by atoms with Crippen molar-refractivity contribution in [2.45, 2.75) is 13.2 Å². The first-order valence-electron chi connectivity index (χ1n) is 5.64. The zero-order valence-electron chi connectivity index (χ0n) is 9.93. The molecule has 0 saturated heterocycles. The van der Waals surface area contributed by atoms with Gasteiger partial charge in [0.25, 0.3) is 0 Å². The van der Waals surface area contributed by atoms with Gasteiger partial charge in [0.15, 0.2) is 0 Å². The predicted octanol–water partition coefficient (Wildman–Crippen LogP) is 1.07. The highest BCUT2D eigenvalue weighted by atomic mass is 19.3. The average Bonchev–Trinajstić information content (AvgIpc) is 2.31. The van der Waals surface area contributed by atoms with Crippen LogP contribution in [0.3, 0.4) is 0 Å². The second-order valence-corrected chi connectivity index (χ2v) is 3.71. The molecule has 4 nitrogen and oxygen atoms in total. The maximum atomic E-state index is 12.2. The largest absolute Gasteiger partial charge is 0.434 e. The fourth-order valence-electron chi connectivity index (χ4n) is 1.64. The minimum absolute atomic E-state index is 0.0577. The molecule has 0 fully saturated rings. The van der Waals surface area contributed by atoms with Gasteiger partial charge in [-0.2, -0.15) is 8.78 Å². The highest BCUT2D eigenvalue weighted by Crippen LogP contribution is 2.21. The Morgan fingerprint density at radius 1 is 1.11 bits per heavy atom. The lowest BCUT2D eigenvalue weighted by molar-refractivity contribution is -0.0508. The first kappa shape index (κ1) is 14.8. The summed E-state index contributed by atoms with van der Waals surface area (Å²) >= 11 is 0. The van der Waals surface area contributed by atoms with E-state index in [1.165, 1.54) is 6.07 Å². The van der Waals surface area contributed by atoms with Gasteiger partial charge in [0.2, 0.25) is 0 Å². The topological polar surface area (TPSA) is 52.9 Å². The fraction of sp³-hybridized carbons (Fsp3) is 0.500. The summed E-state index contributed by atoms with van der Waals surface area (Å²) in [5.74, 6) is 0.119. The maximum absolute atomic E-state index is 12.2. The Labute approximate surface area is 104 Å². The van der Waals surface area contributed by atoms with Gasteiger partial charge in [0.1, 0.15) is 5.75 Å². The Balaban J connectivity index is 2.74. The van der Waals surface area contributed by atoms with E-state index < -0.39 is 6.61 Å². The van der Waals surface area contributed by atoms with Gasteiger partial charge in [-0.05, 0) is 6.07 Å². The molecule has 0 aliphatic rings. The molecule has 0 spiro atoms. The lowest BCUT2D eigenvalue weighted by Crippen LogP contribution is -2.29. The van der Waals surface area contributed by atoms with Gasteiger partial charge in [-0.1, -0.05) is 18.2 Å². The smallest absolute Gasteiger partial charge is 0.387 e. The van der Waals surface area contributed by atoms with Crippen LogP contribution in [-0.4, -0.2) is 48.0 Å². The highest BCUT2D eigenvalue weighted by molar-refractivity contribution is 5.33. The SMILES string of the molecule is OCCN(CCO)Cc1ccccc1OC(F)F. The third kappa shape index (κ3) is 4.95. The summed E-state index contributed by atoms with van der Waals surface area (Å²) < 4.78 is 28.9. The van der Waals surface area contributed by atoms with Crippen molar-refractivity contribution in [3.05, 3.63) is 29.8 Å². The number of benzene rings is 1. The van der Waals surface area contributed by atoms with Crippen molar-refractivity contribution in [3.63, 3.8) is 0 Å². The van der Waals surface area contributed by atoms with Gasteiger partial charge < -0.3 is 14.9 Å². The molecule has 1 aromatic carbocycles. The third-order valence-corrected chi connectivity index (χ3v) is 2.42. The van der Waals surface area contributed by atoms with Crippen molar-refractivity contribution >= 4 is 0 Å². The Hall–Kier alpha value is -1.24. The number of aliphatic hydroxyl groups excluding tert-OH is 2. The molecule has 0 aliphatic carbocycles. The van der Waals surface area contributed by atoms with Crippen LogP contribution in [0.4, 0.5) is 8.78 Å². The van der Waals surface area contributed by atoms with Crippen LogP contribution in [0.1, 0.15) is 5.56 Å². The van der Waals surface area contributed by atoms with Crippen LogP contribution in [-0.2, 0) is 6.54 Å². The lowest BCUT2D eigenvalue weighted by atomic mass is 10.2. The molecule has 2 N–H and O–H groups in total. The molecule has 0 radical (unpaired) electrons. The number of hydrogen-bond acceptors (Lipinski definition) is 4. The zero-order chi connectivity index (χ0) is 13.4. The van der Waals surface area contributed by atoms with Gasteiger partial charge in [-0.15, -0.1) is 0 Å². The number of rotatable bonds is 8. The number of hydrogen-bond donors (Lipinski definition) is 2. The van der Waals surface area contributed by atoms with Crippen LogP contribution in [0.5, 0.6) is 5.75 Å². The monoisotopic (exact) mass is 261 g/mol. The van der Waals surface area contributed by atoms with Crippen molar-refractivity contribution in [1.29, 1.82) is 0 Å². The second-order valence-electron chi connectivity index (χ2n) is 3.71. The van der Waals surface area contributed by atoms with Crippen LogP contribution in [0, 0.1) is 0 Å². The van der Waals surface area contributed by atoms with Crippen molar-refractivity contribution in [1.82, 2.24) is 4.90 Å². The Bertz CT molecular complexity index is 344. The molecule has 0 bridgehead atoms. The van der Waals surface area contributed by atoms with E-state index in [4.69, 9.17) is 10.2 Å². The Morgan fingerprint density at radius 3 is 2.28 bits per heavy atom. The number of ether oxygens (including phenoxy) is 1. The molecular weight excluding hydrogens is 244 g/mol. The minimum Gasteiger partial charge on any atom is -0.434 e. The van der Waals surface area contributed by atoms with E-state index in [2.05, 4.69) is 4.74 Å². The van der Waals surface area contributed by atoms with Crippen molar-refractivity contribution in [3.8, 4) is 5.75 Å². The summed E-state index contributed by atoms with van der Waals surface area (Å²) in [4.78, 5) is 1.76. The Kier molecular flexibility index (Phi) is 6.56. The van der Waals surface area contributed by atoms with Crippen LogP contribution < -0.4 is 4.74 Å². The van der Waals surface area contributed by atoms with Crippen molar-refractivity contribution in [2.75, 3.05) is 26.3 Å². The summed E-state index contributed by atoms with van der Waals surface area (Å²) in [6.07, 6.45) is 0. The van der Waals surface area contributed by atoms with E-state index in [1.807, 2.05) is 0 Å². The molecule has 18 heavy (non-hydrogen) atoms. The van der Waals surface area contributed by atoms with E-state index >= 15 is 0 Å². The summed E-state index contributed by atoms with van der Waals surface area (Å²) in [7, 11) is 0. The van der Waals surface area contributed by atoms with E-state index in [-0.39, 0.29) is 19.0 Å². The molecule has 0 atom stereocenters. The molecule has 102 valence electrons. The van der Waals surface area contributed by atoms with Gasteiger partial charge >= 0.3 is 6.61 Å². The predicted molar refractivity (Wildman–Crippen MR) is 62.5 cm³/mol. The number of aliphatic hydroxyl groups is 2. The standard InChI is InChI=1S/C12H17F2NO3/c13-12(14)18-11-4-2-1-3-10(11)9-15(5-7-16)6-8-17/h1-4,12,16-17H,5-9H2. The van der Waals surface area contributed by atoms with Crippen molar-refractivity contribution in [2.24, 2.45) is 0 Å². The average molecular weight is 261 g/mol. The van der Waals surface area contributed by atoms with Crippen molar-refractivity contribution < 1.29 is 23.7 Å².